The number of hydrogen-bond acceptors (Lipinski definition) is 3. The van der Waals surface area contributed by atoms with E-state index in [1.165, 1.54) is 0 Å². The molecule has 0 saturated heterocycles. The van der Waals surface area contributed by atoms with Gasteiger partial charge in [0, 0.05) is 12.0 Å². The van der Waals surface area contributed by atoms with Crippen molar-refractivity contribution in [2.24, 2.45) is 0 Å². The molecule has 0 saturated carbocycles. The van der Waals surface area contributed by atoms with Crippen LogP contribution >= 0.6 is 0 Å². The number of unbranched alkanes of at least 4 members (excludes halogenated alkanes) is 1. The fourth-order valence-corrected chi connectivity index (χ4v) is 2.06. The molecule has 0 aromatic heterocycles. The lowest BCUT2D eigenvalue weighted by molar-refractivity contribution is -0.116. The largest absolute Gasteiger partial charge is 0.496 e. The van der Waals surface area contributed by atoms with Crippen molar-refractivity contribution in [2.75, 3.05) is 14.2 Å². The first-order chi connectivity index (χ1) is 9.12. The molecule has 0 radical (unpaired) electrons. The maximum atomic E-state index is 11.3. The highest BCUT2D eigenvalue weighted by Gasteiger charge is 2.12. The average Bonchev–Trinajstić information content (AvgIpc) is 2.39. The predicted molar refractivity (Wildman–Crippen MR) is 77.1 cm³/mol. The Bertz CT molecular complexity index is 450. The number of hydrogen-bond donors (Lipinski definition) is 0. The zero-order valence-corrected chi connectivity index (χ0v) is 12.0. The average molecular weight is 262 g/mol. The lowest BCUT2D eigenvalue weighted by atomic mass is 10.0. The van der Waals surface area contributed by atoms with E-state index in [0.29, 0.717) is 6.42 Å². The van der Waals surface area contributed by atoms with Crippen LogP contribution in [-0.4, -0.2) is 20.0 Å². The molecule has 0 heterocycles. The SMILES string of the molecule is C=CCCCc1cc(OC)c(CC(C)=O)cc1OC. The number of allylic oxidation sites excluding steroid dienone is 1. The lowest BCUT2D eigenvalue weighted by Crippen LogP contribution is -2.02. The van der Waals surface area contributed by atoms with Gasteiger partial charge in [-0.05, 0) is 43.9 Å². The van der Waals surface area contributed by atoms with E-state index in [1.54, 1.807) is 21.1 Å². The van der Waals surface area contributed by atoms with Crippen molar-refractivity contribution in [1.82, 2.24) is 0 Å². The molecule has 0 spiro atoms. The number of methoxy groups -OCH3 is 2. The Balaban J connectivity index is 3.03. The van der Waals surface area contributed by atoms with Crippen LogP contribution in [0.1, 0.15) is 30.9 Å². The van der Waals surface area contributed by atoms with Gasteiger partial charge in [0.1, 0.15) is 17.3 Å². The van der Waals surface area contributed by atoms with E-state index in [1.807, 2.05) is 18.2 Å². The van der Waals surface area contributed by atoms with Crippen LogP contribution in [0.3, 0.4) is 0 Å². The molecule has 3 heteroatoms. The molecule has 0 fully saturated rings. The summed E-state index contributed by atoms with van der Waals surface area (Å²) in [6, 6.07) is 3.88. The van der Waals surface area contributed by atoms with E-state index in [0.717, 1.165) is 41.9 Å². The summed E-state index contributed by atoms with van der Waals surface area (Å²) >= 11 is 0. The smallest absolute Gasteiger partial charge is 0.134 e. The highest BCUT2D eigenvalue weighted by Crippen LogP contribution is 2.30. The first kappa shape index (κ1) is 15.3. The van der Waals surface area contributed by atoms with Crippen molar-refractivity contribution in [3.8, 4) is 11.5 Å². The Morgan fingerprint density at radius 3 is 2.32 bits per heavy atom. The summed E-state index contributed by atoms with van der Waals surface area (Å²) < 4.78 is 10.8. The van der Waals surface area contributed by atoms with Gasteiger partial charge in [-0.1, -0.05) is 6.08 Å². The van der Waals surface area contributed by atoms with Crippen LogP contribution in [0.15, 0.2) is 24.8 Å². The van der Waals surface area contributed by atoms with Gasteiger partial charge < -0.3 is 9.47 Å². The Morgan fingerprint density at radius 2 is 1.79 bits per heavy atom. The fraction of sp³-hybridized carbons (Fsp3) is 0.438. The van der Waals surface area contributed by atoms with Crippen molar-refractivity contribution >= 4 is 5.78 Å². The minimum absolute atomic E-state index is 0.111. The molecule has 0 amide bonds. The standard InChI is InChI=1S/C16H22O3/c1-5-6-7-8-13-10-16(19-4)14(9-12(2)17)11-15(13)18-3/h5,10-11H,1,6-9H2,2-4H3. The van der Waals surface area contributed by atoms with Crippen LogP contribution in [0.2, 0.25) is 0 Å². The molecule has 0 unspecified atom stereocenters. The van der Waals surface area contributed by atoms with Crippen molar-refractivity contribution < 1.29 is 14.3 Å². The maximum Gasteiger partial charge on any atom is 0.134 e. The van der Waals surface area contributed by atoms with E-state index < -0.39 is 0 Å². The first-order valence-electron chi connectivity index (χ1n) is 6.46. The van der Waals surface area contributed by atoms with Crippen molar-refractivity contribution in [3.63, 3.8) is 0 Å². The van der Waals surface area contributed by atoms with Crippen LogP contribution in [-0.2, 0) is 17.6 Å². The molecule has 0 aliphatic heterocycles. The number of rotatable bonds is 8. The van der Waals surface area contributed by atoms with Crippen LogP contribution < -0.4 is 9.47 Å². The monoisotopic (exact) mass is 262 g/mol. The number of benzene rings is 1. The Morgan fingerprint density at radius 1 is 1.21 bits per heavy atom. The summed E-state index contributed by atoms with van der Waals surface area (Å²) in [6.45, 7) is 5.29. The van der Waals surface area contributed by atoms with Gasteiger partial charge in [-0.25, -0.2) is 0 Å². The molecule has 0 aliphatic rings. The second kappa shape index (κ2) is 7.62. The third kappa shape index (κ3) is 4.43. The van der Waals surface area contributed by atoms with E-state index in [2.05, 4.69) is 6.58 Å². The minimum atomic E-state index is 0.111. The van der Waals surface area contributed by atoms with Gasteiger partial charge in [0.2, 0.25) is 0 Å². The highest BCUT2D eigenvalue weighted by molar-refractivity contribution is 5.79. The molecule has 0 bridgehead atoms. The minimum Gasteiger partial charge on any atom is -0.496 e. The second-order valence-electron chi connectivity index (χ2n) is 4.54. The molecule has 1 aromatic carbocycles. The summed E-state index contributed by atoms with van der Waals surface area (Å²) in [4.78, 5) is 11.3. The molecule has 0 atom stereocenters. The van der Waals surface area contributed by atoms with Gasteiger partial charge in [-0.2, -0.15) is 0 Å². The molecule has 1 aromatic rings. The zero-order chi connectivity index (χ0) is 14.3. The molecule has 19 heavy (non-hydrogen) atoms. The third-order valence-electron chi connectivity index (χ3n) is 2.98. The van der Waals surface area contributed by atoms with Crippen molar-refractivity contribution in [2.45, 2.75) is 32.6 Å². The quantitative estimate of drug-likeness (QED) is 0.532. The van der Waals surface area contributed by atoms with Crippen molar-refractivity contribution in [3.05, 3.63) is 35.9 Å². The van der Waals surface area contributed by atoms with Gasteiger partial charge in [0.25, 0.3) is 0 Å². The molecule has 1 rings (SSSR count). The van der Waals surface area contributed by atoms with Gasteiger partial charge >= 0.3 is 0 Å². The van der Waals surface area contributed by atoms with Gasteiger partial charge in [-0.3, -0.25) is 4.79 Å². The van der Waals surface area contributed by atoms with E-state index in [9.17, 15) is 4.79 Å². The Kier molecular flexibility index (Phi) is 6.13. The van der Waals surface area contributed by atoms with Crippen LogP contribution in [0.25, 0.3) is 0 Å². The van der Waals surface area contributed by atoms with E-state index >= 15 is 0 Å². The summed E-state index contributed by atoms with van der Waals surface area (Å²) in [5, 5.41) is 0. The number of ketones is 1. The third-order valence-corrected chi connectivity index (χ3v) is 2.98. The lowest BCUT2D eigenvalue weighted by Gasteiger charge is -2.14. The second-order valence-corrected chi connectivity index (χ2v) is 4.54. The fourth-order valence-electron chi connectivity index (χ4n) is 2.06. The number of Topliss-reactive ketones (excluding diaryl/α,β-unsaturated/α-hetero) is 1. The van der Waals surface area contributed by atoms with E-state index in [4.69, 9.17) is 9.47 Å². The van der Waals surface area contributed by atoms with Crippen LogP contribution in [0, 0.1) is 0 Å². The van der Waals surface area contributed by atoms with Crippen LogP contribution in [0.5, 0.6) is 11.5 Å². The summed E-state index contributed by atoms with van der Waals surface area (Å²) in [5.41, 5.74) is 1.98. The zero-order valence-electron chi connectivity index (χ0n) is 12.0. The number of carbonyl (C=O) groups excluding carboxylic acids is 1. The predicted octanol–water partition coefficient (Wildman–Crippen LogP) is 3.34. The molecular formula is C16H22O3. The topological polar surface area (TPSA) is 35.5 Å². The normalized spacial score (nSPS) is 10.1. The summed E-state index contributed by atoms with van der Waals surface area (Å²) in [6.07, 6.45) is 5.18. The molecule has 0 N–H and O–H groups in total. The molecule has 0 aliphatic carbocycles. The van der Waals surface area contributed by atoms with Crippen molar-refractivity contribution in [1.29, 1.82) is 0 Å². The Hall–Kier alpha value is -1.77. The molecule has 3 nitrogen and oxygen atoms in total. The summed E-state index contributed by atoms with van der Waals surface area (Å²) in [7, 11) is 3.27. The van der Waals surface area contributed by atoms with Gasteiger partial charge in [0.05, 0.1) is 14.2 Å². The molecular weight excluding hydrogens is 240 g/mol. The van der Waals surface area contributed by atoms with Gasteiger partial charge in [-0.15, -0.1) is 6.58 Å². The first-order valence-corrected chi connectivity index (χ1v) is 6.46. The summed E-state index contributed by atoms with van der Waals surface area (Å²) in [5.74, 6) is 1.69. The van der Waals surface area contributed by atoms with Gasteiger partial charge in [0.15, 0.2) is 0 Å². The van der Waals surface area contributed by atoms with E-state index in [-0.39, 0.29) is 5.78 Å². The highest BCUT2D eigenvalue weighted by atomic mass is 16.5. The number of carbonyl (C=O) groups is 1. The number of aryl methyl sites for hydroxylation is 1. The van der Waals surface area contributed by atoms with Crippen LogP contribution in [0.4, 0.5) is 0 Å². The molecule has 104 valence electrons. The maximum absolute atomic E-state index is 11.3. The number of ether oxygens (including phenoxy) is 2. The Labute approximate surface area is 115 Å².